The zero-order valence-electron chi connectivity index (χ0n) is 11.6. The van der Waals surface area contributed by atoms with Crippen molar-refractivity contribution in [3.05, 3.63) is 29.3 Å². The molecule has 1 fully saturated rings. The van der Waals surface area contributed by atoms with Crippen LogP contribution in [0.4, 0.5) is 5.69 Å². The molecule has 1 aromatic rings. The third-order valence-electron chi connectivity index (χ3n) is 3.75. The molecular weight excluding hydrogens is 240 g/mol. The lowest BCUT2D eigenvalue weighted by molar-refractivity contribution is -0.139. The predicted octanol–water partition coefficient (Wildman–Crippen LogP) is 1.67. The molecule has 1 unspecified atom stereocenters. The Morgan fingerprint density at radius 2 is 2.00 bits per heavy atom. The lowest BCUT2D eigenvalue weighted by atomic mass is 10.0. The van der Waals surface area contributed by atoms with Crippen LogP contribution in [0.15, 0.2) is 18.2 Å². The van der Waals surface area contributed by atoms with E-state index in [4.69, 9.17) is 5.11 Å². The number of benzene rings is 1. The normalized spacial score (nSPS) is 19.5. The maximum absolute atomic E-state index is 11.2. The number of para-hydroxylation sites is 1. The number of aryl methyl sites for hydroxylation is 2. The number of carboxylic acid groups (broad SMARTS) is 1. The number of aliphatic carboxylic acids is 1. The largest absolute Gasteiger partial charge is 0.480 e. The number of nitrogens with zero attached hydrogens (tertiary/aromatic N) is 1. The van der Waals surface area contributed by atoms with Crippen LogP contribution in [-0.2, 0) is 17.6 Å². The van der Waals surface area contributed by atoms with Gasteiger partial charge in [-0.3, -0.25) is 4.79 Å². The molecule has 0 saturated carbocycles. The number of rotatable bonds is 4. The van der Waals surface area contributed by atoms with Crippen LogP contribution in [0.3, 0.4) is 0 Å². The van der Waals surface area contributed by atoms with Gasteiger partial charge in [0, 0.05) is 25.3 Å². The van der Waals surface area contributed by atoms with E-state index in [0.717, 1.165) is 25.9 Å². The van der Waals surface area contributed by atoms with E-state index in [1.807, 2.05) is 0 Å². The summed E-state index contributed by atoms with van der Waals surface area (Å²) in [6.07, 6.45) is 1.95. The molecule has 1 aliphatic rings. The van der Waals surface area contributed by atoms with Crippen LogP contribution in [0, 0.1) is 0 Å². The van der Waals surface area contributed by atoms with Crippen LogP contribution in [0.2, 0.25) is 0 Å². The minimum absolute atomic E-state index is 0.469. The molecule has 1 heterocycles. The second-order valence-corrected chi connectivity index (χ2v) is 4.92. The highest BCUT2D eigenvalue weighted by molar-refractivity contribution is 5.75. The average Bonchev–Trinajstić information content (AvgIpc) is 2.46. The van der Waals surface area contributed by atoms with Crippen LogP contribution in [0.5, 0.6) is 0 Å². The van der Waals surface area contributed by atoms with Crippen molar-refractivity contribution in [1.29, 1.82) is 0 Å². The summed E-state index contributed by atoms with van der Waals surface area (Å²) in [5, 5.41) is 12.2. The first kappa shape index (κ1) is 13.9. The molecule has 1 atom stereocenters. The molecule has 1 aromatic carbocycles. The number of hydrogen-bond donors (Lipinski definition) is 2. The Morgan fingerprint density at radius 1 is 1.37 bits per heavy atom. The summed E-state index contributed by atoms with van der Waals surface area (Å²) in [4.78, 5) is 13.4. The van der Waals surface area contributed by atoms with Crippen LogP contribution in [0.25, 0.3) is 0 Å². The summed E-state index contributed by atoms with van der Waals surface area (Å²) in [6.45, 7) is 6.43. The third-order valence-corrected chi connectivity index (χ3v) is 3.75. The quantitative estimate of drug-likeness (QED) is 0.867. The molecule has 1 aliphatic heterocycles. The highest BCUT2D eigenvalue weighted by Crippen LogP contribution is 2.27. The van der Waals surface area contributed by atoms with Gasteiger partial charge in [-0.1, -0.05) is 32.0 Å². The molecule has 0 radical (unpaired) electrons. The number of carboxylic acids is 1. The van der Waals surface area contributed by atoms with Gasteiger partial charge in [-0.2, -0.15) is 0 Å². The number of nitrogens with one attached hydrogen (secondary N) is 1. The number of carbonyl (C=O) groups is 1. The fourth-order valence-corrected chi connectivity index (χ4v) is 2.74. The van der Waals surface area contributed by atoms with E-state index in [0.29, 0.717) is 6.54 Å². The van der Waals surface area contributed by atoms with Crippen molar-refractivity contribution in [3.63, 3.8) is 0 Å². The molecule has 2 N–H and O–H groups in total. The third kappa shape index (κ3) is 2.89. The van der Waals surface area contributed by atoms with Crippen molar-refractivity contribution < 1.29 is 9.90 Å². The molecule has 0 amide bonds. The Hall–Kier alpha value is -1.55. The minimum atomic E-state index is -0.767. The monoisotopic (exact) mass is 262 g/mol. The van der Waals surface area contributed by atoms with Gasteiger partial charge in [-0.15, -0.1) is 0 Å². The summed E-state index contributed by atoms with van der Waals surface area (Å²) in [5.41, 5.74) is 3.87. The molecular formula is C15H22N2O2. The van der Waals surface area contributed by atoms with Gasteiger partial charge in [0.05, 0.1) is 0 Å². The van der Waals surface area contributed by atoms with Gasteiger partial charge in [0.1, 0.15) is 6.04 Å². The minimum Gasteiger partial charge on any atom is -0.480 e. The Labute approximate surface area is 114 Å². The van der Waals surface area contributed by atoms with Gasteiger partial charge < -0.3 is 15.3 Å². The molecule has 4 nitrogen and oxygen atoms in total. The molecule has 0 aliphatic carbocycles. The van der Waals surface area contributed by atoms with Gasteiger partial charge in [0.15, 0.2) is 0 Å². The van der Waals surface area contributed by atoms with Crippen molar-refractivity contribution in [3.8, 4) is 0 Å². The van der Waals surface area contributed by atoms with Crippen molar-refractivity contribution >= 4 is 11.7 Å². The second-order valence-electron chi connectivity index (χ2n) is 4.92. The second kappa shape index (κ2) is 6.06. The summed E-state index contributed by atoms with van der Waals surface area (Å²) in [6, 6.07) is 5.92. The van der Waals surface area contributed by atoms with Crippen LogP contribution < -0.4 is 10.2 Å². The van der Waals surface area contributed by atoms with Crippen LogP contribution in [-0.4, -0.2) is 36.8 Å². The molecule has 104 valence electrons. The maximum atomic E-state index is 11.2. The molecule has 0 spiro atoms. The fourth-order valence-electron chi connectivity index (χ4n) is 2.74. The molecule has 1 saturated heterocycles. The lowest BCUT2D eigenvalue weighted by Gasteiger charge is -2.35. The lowest BCUT2D eigenvalue weighted by Crippen LogP contribution is -2.54. The number of hydrogen-bond acceptors (Lipinski definition) is 3. The van der Waals surface area contributed by atoms with Crippen molar-refractivity contribution in [2.24, 2.45) is 0 Å². The first-order chi connectivity index (χ1) is 9.17. The molecule has 19 heavy (non-hydrogen) atoms. The summed E-state index contributed by atoms with van der Waals surface area (Å²) in [5.74, 6) is -0.767. The maximum Gasteiger partial charge on any atom is 0.322 e. The summed E-state index contributed by atoms with van der Waals surface area (Å²) >= 11 is 0. The average molecular weight is 262 g/mol. The molecule has 4 heteroatoms. The van der Waals surface area contributed by atoms with E-state index in [2.05, 4.69) is 42.3 Å². The highest BCUT2D eigenvalue weighted by Gasteiger charge is 2.26. The van der Waals surface area contributed by atoms with Gasteiger partial charge in [-0.05, 0) is 24.0 Å². The van der Waals surface area contributed by atoms with E-state index >= 15 is 0 Å². The number of piperazine rings is 1. The zero-order valence-corrected chi connectivity index (χ0v) is 11.6. The molecule has 0 bridgehead atoms. The van der Waals surface area contributed by atoms with Gasteiger partial charge in [0.25, 0.3) is 0 Å². The SMILES string of the molecule is CCc1cccc(CC)c1N1CCNC(C(=O)O)C1. The number of anilines is 1. The van der Waals surface area contributed by atoms with Gasteiger partial charge in [0.2, 0.25) is 0 Å². The summed E-state index contributed by atoms with van der Waals surface area (Å²) in [7, 11) is 0. The first-order valence-corrected chi connectivity index (χ1v) is 6.99. The first-order valence-electron chi connectivity index (χ1n) is 6.99. The van der Waals surface area contributed by atoms with Crippen LogP contribution in [0.1, 0.15) is 25.0 Å². The molecule has 2 rings (SSSR count). The smallest absolute Gasteiger partial charge is 0.322 e. The van der Waals surface area contributed by atoms with Gasteiger partial charge >= 0.3 is 5.97 Å². The molecule has 0 aromatic heterocycles. The zero-order chi connectivity index (χ0) is 13.8. The van der Waals surface area contributed by atoms with E-state index < -0.39 is 12.0 Å². The predicted molar refractivity (Wildman–Crippen MR) is 76.8 cm³/mol. The highest BCUT2D eigenvalue weighted by atomic mass is 16.4. The van der Waals surface area contributed by atoms with Crippen molar-refractivity contribution in [1.82, 2.24) is 5.32 Å². The van der Waals surface area contributed by atoms with E-state index in [1.165, 1.54) is 16.8 Å². The van der Waals surface area contributed by atoms with Crippen LogP contribution >= 0.6 is 0 Å². The van der Waals surface area contributed by atoms with Gasteiger partial charge in [-0.25, -0.2) is 0 Å². The Kier molecular flexibility index (Phi) is 4.43. The fraction of sp³-hybridized carbons (Fsp3) is 0.533. The van der Waals surface area contributed by atoms with E-state index in [1.54, 1.807) is 0 Å². The topological polar surface area (TPSA) is 52.6 Å². The van der Waals surface area contributed by atoms with Crippen molar-refractivity contribution in [2.45, 2.75) is 32.7 Å². The Morgan fingerprint density at radius 3 is 2.53 bits per heavy atom. The Bertz CT molecular complexity index is 437. The standard InChI is InChI=1S/C15H22N2O2/c1-3-11-6-5-7-12(4-2)14(11)17-9-8-16-13(10-17)15(18)19/h5-7,13,16H,3-4,8-10H2,1-2H3,(H,18,19). The summed E-state index contributed by atoms with van der Waals surface area (Å²) < 4.78 is 0. The Balaban J connectivity index is 2.32. The van der Waals surface area contributed by atoms with E-state index in [9.17, 15) is 4.79 Å². The van der Waals surface area contributed by atoms with E-state index in [-0.39, 0.29) is 0 Å². The van der Waals surface area contributed by atoms with Crippen molar-refractivity contribution in [2.75, 3.05) is 24.5 Å².